The highest BCUT2D eigenvalue weighted by atomic mass is 32.2. The number of rotatable bonds is 7. The van der Waals surface area contributed by atoms with Gasteiger partial charge in [0.1, 0.15) is 0 Å². The molecule has 0 heterocycles. The molecule has 5 nitrogen and oxygen atoms in total. The second kappa shape index (κ2) is 6.98. The molecular weight excluding hydrogens is 230 g/mol. The molecule has 2 N–H and O–H groups in total. The van der Waals surface area contributed by atoms with Crippen molar-refractivity contribution in [3.8, 4) is 0 Å². The maximum Gasteiger partial charge on any atom is 0.338 e. The molecule has 0 aliphatic heterocycles. The average Bonchev–Trinajstić information content (AvgIpc) is 2.22. The molecule has 0 spiro atoms. The summed E-state index contributed by atoms with van der Waals surface area (Å²) in [6.45, 7) is 3.44. The van der Waals surface area contributed by atoms with Gasteiger partial charge in [-0.15, -0.1) is 0 Å². The molecule has 0 bridgehead atoms. The summed E-state index contributed by atoms with van der Waals surface area (Å²) >= 11 is 0. The van der Waals surface area contributed by atoms with E-state index in [0.29, 0.717) is 5.75 Å². The third kappa shape index (κ3) is 6.19. The molecule has 0 aliphatic rings. The minimum atomic E-state index is -1.52. The van der Waals surface area contributed by atoms with Crippen molar-refractivity contribution in [3.63, 3.8) is 0 Å². The predicted molar refractivity (Wildman–Crippen MR) is 63.7 cm³/mol. The van der Waals surface area contributed by atoms with E-state index in [2.05, 4.69) is 10.1 Å². The number of carbonyl (C=O) groups excluding carboxylic acids is 1. The molecule has 0 radical (unpaired) electrons. The Morgan fingerprint density at radius 3 is 2.62 bits per heavy atom. The van der Waals surface area contributed by atoms with E-state index in [9.17, 15) is 14.1 Å². The van der Waals surface area contributed by atoms with Gasteiger partial charge in [0.05, 0.1) is 7.11 Å². The molecule has 0 fully saturated rings. The van der Waals surface area contributed by atoms with Gasteiger partial charge in [0.15, 0.2) is 5.60 Å². The minimum absolute atomic E-state index is 0.0973. The van der Waals surface area contributed by atoms with E-state index in [1.54, 1.807) is 6.26 Å². The summed E-state index contributed by atoms with van der Waals surface area (Å²) in [5.41, 5.74) is -1.52. The third-order valence-electron chi connectivity index (χ3n) is 2.26. The Morgan fingerprint density at radius 1 is 1.62 bits per heavy atom. The highest BCUT2D eigenvalue weighted by Crippen LogP contribution is 2.05. The first kappa shape index (κ1) is 15.5. The van der Waals surface area contributed by atoms with Crippen LogP contribution in [0.5, 0.6) is 0 Å². The number of esters is 1. The van der Waals surface area contributed by atoms with Crippen molar-refractivity contribution in [2.24, 2.45) is 0 Å². The first-order valence-electron chi connectivity index (χ1n) is 5.14. The van der Waals surface area contributed by atoms with E-state index in [1.165, 1.54) is 14.0 Å². The molecule has 0 rings (SSSR count). The number of aliphatic hydroxyl groups is 1. The Balaban J connectivity index is 3.94. The van der Waals surface area contributed by atoms with Crippen LogP contribution in [-0.4, -0.2) is 52.6 Å². The lowest BCUT2D eigenvalue weighted by Gasteiger charge is -2.23. The fourth-order valence-corrected chi connectivity index (χ4v) is 1.80. The van der Waals surface area contributed by atoms with Crippen LogP contribution in [0.4, 0.5) is 0 Å². The van der Waals surface area contributed by atoms with Gasteiger partial charge in [-0.05, 0) is 20.3 Å². The molecule has 0 aromatic carbocycles. The van der Waals surface area contributed by atoms with Crippen LogP contribution in [0, 0.1) is 0 Å². The lowest BCUT2D eigenvalue weighted by molar-refractivity contribution is -0.160. The predicted octanol–water partition coefficient (Wildman–Crippen LogP) is -0.343. The molecule has 3 unspecified atom stereocenters. The highest BCUT2D eigenvalue weighted by Gasteiger charge is 2.31. The summed E-state index contributed by atoms with van der Waals surface area (Å²) in [5.74, 6) is -0.0552. The van der Waals surface area contributed by atoms with Crippen molar-refractivity contribution in [3.05, 3.63) is 0 Å². The summed E-state index contributed by atoms with van der Waals surface area (Å²) < 4.78 is 15.3. The molecular formula is C10H21NO4S. The zero-order valence-electron chi connectivity index (χ0n) is 10.3. The highest BCUT2D eigenvalue weighted by molar-refractivity contribution is 7.84. The SMILES string of the molecule is COC(=O)C(C)(O)CNC(C)CCS(C)=O. The molecule has 96 valence electrons. The van der Waals surface area contributed by atoms with Crippen molar-refractivity contribution >= 4 is 16.8 Å². The van der Waals surface area contributed by atoms with Gasteiger partial charge < -0.3 is 15.2 Å². The summed E-state index contributed by atoms with van der Waals surface area (Å²) in [7, 11) is 0.421. The van der Waals surface area contributed by atoms with Crippen LogP contribution in [0.3, 0.4) is 0 Å². The van der Waals surface area contributed by atoms with E-state index in [-0.39, 0.29) is 12.6 Å². The van der Waals surface area contributed by atoms with E-state index >= 15 is 0 Å². The van der Waals surface area contributed by atoms with E-state index in [1.807, 2.05) is 6.92 Å². The topological polar surface area (TPSA) is 75.6 Å². The second-order valence-electron chi connectivity index (χ2n) is 4.11. The van der Waals surface area contributed by atoms with Crippen LogP contribution in [0.15, 0.2) is 0 Å². The van der Waals surface area contributed by atoms with Gasteiger partial charge >= 0.3 is 5.97 Å². The smallest absolute Gasteiger partial charge is 0.338 e. The van der Waals surface area contributed by atoms with Gasteiger partial charge in [-0.3, -0.25) is 4.21 Å². The zero-order chi connectivity index (χ0) is 12.8. The molecule has 0 aliphatic carbocycles. The van der Waals surface area contributed by atoms with Crippen LogP contribution in [0.2, 0.25) is 0 Å². The third-order valence-corrected chi connectivity index (χ3v) is 3.07. The number of ether oxygens (including phenoxy) is 1. The van der Waals surface area contributed by atoms with Crippen LogP contribution >= 0.6 is 0 Å². The van der Waals surface area contributed by atoms with Crippen LogP contribution in [0.25, 0.3) is 0 Å². The molecule has 16 heavy (non-hydrogen) atoms. The van der Waals surface area contributed by atoms with Gasteiger partial charge in [-0.2, -0.15) is 0 Å². The maximum atomic E-state index is 11.2. The summed E-state index contributed by atoms with van der Waals surface area (Å²) in [6, 6.07) is 0.0973. The summed E-state index contributed by atoms with van der Waals surface area (Å²) in [6.07, 6.45) is 2.39. The largest absolute Gasteiger partial charge is 0.467 e. The fraction of sp³-hybridized carbons (Fsp3) is 0.900. The Labute approximate surface area is 99.0 Å². The standard InChI is InChI=1S/C10H21NO4S/c1-8(5-6-16(4)14)11-7-10(2,13)9(12)15-3/h8,11,13H,5-7H2,1-4H3. The van der Waals surface area contributed by atoms with Crippen molar-refractivity contribution in [2.75, 3.05) is 25.7 Å². The molecule has 0 saturated heterocycles. The number of hydrogen-bond acceptors (Lipinski definition) is 5. The van der Waals surface area contributed by atoms with Crippen LogP contribution in [-0.2, 0) is 20.3 Å². The maximum absolute atomic E-state index is 11.2. The van der Waals surface area contributed by atoms with Crippen molar-refractivity contribution in [1.82, 2.24) is 5.32 Å². The fourth-order valence-electron chi connectivity index (χ4n) is 1.11. The van der Waals surface area contributed by atoms with Gasteiger partial charge in [0.2, 0.25) is 0 Å². The molecule has 0 aromatic heterocycles. The molecule has 0 amide bonds. The van der Waals surface area contributed by atoms with E-state index < -0.39 is 22.4 Å². The molecule has 0 aromatic rings. The summed E-state index contributed by atoms with van der Waals surface area (Å²) in [5, 5.41) is 12.7. The zero-order valence-corrected chi connectivity index (χ0v) is 11.1. The minimum Gasteiger partial charge on any atom is -0.467 e. The normalized spacial score (nSPS) is 18.6. The quantitative estimate of drug-likeness (QED) is 0.605. The number of nitrogens with one attached hydrogen (secondary N) is 1. The summed E-state index contributed by atoms with van der Waals surface area (Å²) in [4.78, 5) is 11.2. The Kier molecular flexibility index (Phi) is 6.78. The Morgan fingerprint density at radius 2 is 2.19 bits per heavy atom. The molecule has 3 atom stereocenters. The molecule has 6 heteroatoms. The van der Waals surface area contributed by atoms with Crippen LogP contribution < -0.4 is 5.32 Å². The lowest BCUT2D eigenvalue weighted by atomic mass is 10.1. The number of methoxy groups -OCH3 is 1. The van der Waals surface area contributed by atoms with Gasteiger partial charge in [0, 0.05) is 35.4 Å². The first-order valence-corrected chi connectivity index (χ1v) is 6.86. The monoisotopic (exact) mass is 251 g/mol. The first-order chi connectivity index (χ1) is 7.29. The van der Waals surface area contributed by atoms with Crippen molar-refractivity contribution in [2.45, 2.75) is 31.9 Å². The van der Waals surface area contributed by atoms with Crippen molar-refractivity contribution < 1.29 is 18.8 Å². The van der Waals surface area contributed by atoms with Gasteiger partial charge in [-0.1, -0.05) is 0 Å². The average molecular weight is 251 g/mol. The number of hydrogen-bond donors (Lipinski definition) is 2. The van der Waals surface area contributed by atoms with Gasteiger partial charge in [0.25, 0.3) is 0 Å². The van der Waals surface area contributed by atoms with E-state index in [4.69, 9.17) is 0 Å². The number of carbonyl (C=O) groups is 1. The Hall–Kier alpha value is -0.460. The van der Waals surface area contributed by atoms with E-state index in [0.717, 1.165) is 6.42 Å². The Bertz CT molecular complexity index is 255. The second-order valence-corrected chi connectivity index (χ2v) is 5.67. The van der Waals surface area contributed by atoms with Crippen LogP contribution in [0.1, 0.15) is 20.3 Å². The lowest BCUT2D eigenvalue weighted by Crippen LogP contribution is -2.48. The van der Waals surface area contributed by atoms with Gasteiger partial charge in [-0.25, -0.2) is 4.79 Å². The van der Waals surface area contributed by atoms with Crippen molar-refractivity contribution in [1.29, 1.82) is 0 Å². The molecule has 0 saturated carbocycles.